The van der Waals surface area contributed by atoms with Crippen molar-refractivity contribution in [2.45, 2.75) is 25.3 Å². The number of nitrogens with zero attached hydrogens (tertiary/aromatic N) is 2. The number of nitrogens with two attached hydrogens (primary N) is 2. The van der Waals surface area contributed by atoms with Crippen LogP contribution in [0.25, 0.3) is 0 Å². The number of hydrogen-bond acceptors (Lipinski definition) is 5. The average Bonchev–Trinajstić information content (AvgIpc) is 2.71. The first kappa shape index (κ1) is 14.0. The second kappa shape index (κ2) is 6.60. The molecule has 1 heterocycles. The summed E-state index contributed by atoms with van der Waals surface area (Å²) in [4.78, 5) is 25.7. The molecule has 8 heteroatoms. The Balaban J connectivity index is 2.58. The van der Waals surface area contributed by atoms with Gasteiger partial charge in [0.05, 0.1) is 5.69 Å². The van der Waals surface area contributed by atoms with E-state index in [1.807, 2.05) is 0 Å². The number of imidazole rings is 1. The summed E-state index contributed by atoms with van der Waals surface area (Å²) in [6, 6.07) is -0.891. The van der Waals surface area contributed by atoms with E-state index in [2.05, 4.69) is 10.4 Å². The van der Waals surface area contributed by atoms with Crippen molar-refractivity contribution in [3.8, 4) is 0 Å². The Kier molecular flexibility index (Phi) is 5.12. The number of hydrogen-bond donors (Lipinski definition) is 4. The number of carboxylic acids is 1. The zero-order chi connectivity index (χ0) is 13.5. The summed E-state index contributed by atoms with van der Waals surface area (Å²) in [5.41, 5.74) is 13.9. The maximum Gasteiger partial charge on any atom is 0.327 e. The summed E-state index contributed by atoms with van der Waals surface area (Å²) in [7, 11) is 0. The van der Waals surface area contributed by atoms with Crippen LogP contribution in [-0.2, 0) is 16.0 Å². The van der Waals surface area contributed by atoms with Crippen LogP contribution < -0.4 is 16.9 Å². The fourth-order valence-corrected chi connectivity index (χ4v) is 1.42. The maximum absolute atomic E-state index is 11.0. The molecule has 0 aliphatic carbocycles. The number of rotatable bonds is 8. The van der Waals surface area contributed by atoms with Gasteiger partial charge in [-0.25, -0.2) is 9.78 Å². The number of carbonyl (C=O) groups is 2. The lowest BCUT2D eigenvalue weighted by Gasteiger charge is -2.15. The van der Waals surface area contributed by atoms with Crippen LogP contribution in [0.2, 0.25) is 0 Å². The number of amides is 1. The van der Waals surface area contributed by atoms with E-state index in [-0.39, 0.29) is 12.8 Å². The second-order valence-electron chi connectivity index (χ2n) is 3.84. The molecule has 0 saturated carbocycles. The van der Waals surface area contributed by atoms with Gasteiger partial charge in [-0.05, 0) is 13.0 Å². The van der Waals surface area contributed by atoms with Gasteiger partial charge < -0.3 is 22.0 Å². The summed E-state index contributed by atoms with van der Waals surface area (Å²) in [5.74, 6) is -1.58. The van der Waals surface area contributed by atoms with Gasteiger partial charge in [0.1, 0.15) is 12.4 Å². The minimum Gasteiger partial charge on any atom is -0.480 e. The molecule has 1 atom stereocenters. The maximum atomic E-state index is 11.0. The van der Waals surface area contributed by atoms with Gasteiger partial charge in [0, 0.05) is 19.0 Å². The predicted octanol–water partition coefficient (Wildman–Crippen LogP) is -1.35. The number of aromatic nitrogens is 2. The summed E-state index contributed by atoms with van der Waals surface area (Å²) < 4.78 is 1.45. The van der Waals surface area contributed by atoms with Gasteiger partial charge in [0.2, 0.25) is 5.91 Å². The lowest BCUT2D eigenvalue weighted by molar-refractivity contribution is -0.138. The van der Waals surface area contributed by atoms with Crippen LogP contribution in [0.1, 0.15) is 18.5 Å². The summed E-state index contributed by atoms with van der Waals surface area (Å²) in [6.45, 7) is 0.473. The van der Waals surface area contributed by atoms with Crippen LogP contribution in [-0.4, -0.2) is 39.2 Å². The van der Waals surface area contributed by atoms with E-state index in [9.17, 15) is 9.59 Å². The quantitative estimate of drug-likeness (QED) is 0.453. The molecule has 1 amide bonds. The molecule has 0 aromatic carbocycles. The first-order chi connectivity index (χ1) is 8.52. The highest BCUT2D eigenvalue weighted by Crippen LogP contribution is 2.01. The van der Waals surface area contributed by atoms with Crippen LogP contribution in [0.3, 0.4) is 0 Å². The van der Waals surface area contributed by atoms with Crippen LogP contribution in [0.4, 0.5) is 0 Å². The number of carboxylic acid groups (broad SMARTS) is 1. The van der Waals surface area contributed by atoms with Crippen LogP contribution in [0.5, 0.6) is 0 Å². The highest BCUT2D eigenvalue weighted by molar-refractivity contribution is 5.78. The average molecular weight is 255 g/mol. The molecule has 1 aromatic rings. The molecule has 1 rings (SSSR count). The van der Waals surface area contributed by atoms with Crippen molar-refractivity contribution in [2.24, 2.45) is 11.5 Å². The van der Waals surface area contributed by atoms with Gasteiger partial charge in [-0.2, -0.15) is 0 Å². The van der Waals surface area contributed by atoms with Gasteiger partial charge >= 0.3 is 5.97 Å². The molecule has 0 spiro atoms. The Morgan fingerprint density at radius 2 is 2.28 bits per heavy atom. The van der Waals surface area contributed by atoms with Crippen molar-refractivity contribution >= 4 is 11.9 Å². The number of primary amides is 1. The minimum atomic E-state index is -1.05. The van der Waals surface area contributed by atoms with Crippen LogP contribution in [0, 0.1) is 0 Å². The van der Waals surface area contributed by atoms with E-state index < -0.39 is 17.9 Å². The Morgan fingerprint density at radius 1 is 1.56 bits per heavy atom. The monoisotopic (exact) mass is 255 g/mol. The molecule has 8 nitrogen and oxygen atoms in total. The van der Waals surface area contributed by atoms with Crippen molar-refractivity contribution < 1.29 is 14.7 Å². The second-order valence-corrected chi connectivity index (χ2v) is 3.84. The Morgan fingerprint density at radius 3 is 2.83 bits per heavy atom. The Bertz CT molecular complexity index is 417. The van der Waals surface area contributed by atoms with Crippen LogP contribution in [0.15, 0.2) is 12.5 Å². The van der Waals surface area contributed by atoms with Crippen molar-refractivity contribution in [2.75, 3.05) is 12.0 Å². The Hall–Kier alpha value is -2.09. The van der Waals surface area contributed by atoms with Crippen molar-refractivity contribution in [1.82, 2.24) is 9.66 Å². The molecular formula is C10H17N5O3. The number of nitrogens with one attached hydrogen (secondary N) is 1. The van der Waals surface area contributed by atoms with Gasteiger partial charge in [-0.3, -0.25) is 9.47 Å². The topological polar surface area (TPSA) is 136 Å². The zero-order valence-corrected chi connectivity index (χ0v) is 9.87. The van der Waals surface area contributed by atoms with Gasteiger partial charge in [0.25, 0.3) is 0 Å². The largest absolute Gasteiger partial charge is 0.480 e. The van der Waals surface area contributed by atoms with Crippen molar-refractivity contribution in [1.29, 1.82) is 0 Å². The molecule has 1 aromatic heterocycles. The third-order valence-corrected chi connectivity index (χ3v) is 2.32. The third kappa shape index (κ3) is 4.42. The Labute approximate surface area is 104 Å². The summed E-state index contributed by atoms with van der Waals surface area (Å²) >= 11 is 0. The third-order valence-electron chi connectivity index (χ3n) is 2.32. The number of carbonyl (C=O) groups excluding carboxylic acids is 1. The molecule has 0 unspecified atom stereocenters. The summed E-state index contributed by atoms with van der Waals surface area (Å²) in [6.07, 6.45) is 3.87. The fraction of sp³-hybridized carbons (Fsp3) is 0.500. The smallest absolute Gasteiger partial charge is 0.327 e. The lowest BCUT2D eigenvalue weighted by Crippen LogP contribution is -2.35. The standard InChI is InChI=1S/C10H17N5O3/c11-4-3-7-5-15(6-13-7)14-8(10(17)18)1-2-9(12)16/h5-6,8,14H,1-4,11H2,(H2,12,16)(H,17,18)/t8-/m0/s1. The van der Waals surface area contributed by atoms with E-state index in [0.717, 1.165) is 5.69 Å². The van der Waals surface area contributed by atoms with E-state index >= 15 is 0 Å². The molecule has 18 heavy (non-hydrogen) atoms. The van der Waals surface area contributed by atoms with Gasteiger partial charge in [-0.1, -0.05) is 0 Å². The molecule has 0 fully saturated rings. The molecule has 100 valence electrons. The highest BCUT2D eigenvalue weighted by Gasteiger charge is 2.18. The summed E-state index contributed by atoms with van der Waals surface area (Å²) in [5, 5.41) is 8.99. The van der Waals surface area contributed by atoms with E-state index in [1.165, 1.54) is 11.0 Å². The first-order valence-electron chi connectivity index (χ1n) is 5.53. The van der Waals surface area contributed by atoms with Crippen molar-refractivity contribution in [3.05, 3.63) is 18.2 Å². The first-order valence-corrected chi connectivity index (χ1v) is 5.53. The SMILES string of the molecule is NCCc1cn(N[C@@H](CCC(N)=O)C(=O)O)cn1. The molecule has 0 radical (unpaired) electrons. The van der Waals surface area contributed by atoms with E-state index in [0.29, 0.717) is 13.0 Å². The zero-order valence-electron chi connectivity index (χ0n) is 9.87. The van der Waals surface area contributed by atoms with Gasteiger partial charge in [0.15, 0.2) is 0 Å². The molecule has 0 saturated heterocycles. The van der Waals surface area contributed by atoms with E-state index in [1.54, 1.807) is 6.20 Å². The predicted molar refractivity (Wildman–Crippen MR) is 64.2 cm³/mol. The van der Waals surface area contributed by atoms with Crippen LogP contribution >= 0.6 is 0 Å². The fourth-order valence-electron chi connectivity index (χ4n) is 1.42. The molecule has 0 aliphatic rings. The normalized spacial score (nSPS) is 12.1. The molecule has 0 bridgehead atoms. The number of aliphatic carboxylic acids is 1. The molecular weight excluding hydrogens is 238 g/mol. The lowest BCUT2D eigenvalue weighted by atomic mass is 10.1. The molecule has 0 aliphatic heterocycles. The van der Waals surface area contributed by atoms with Gasteiger partial charge in [-0.15, -0.1) is 0 Å². The van der Waals surface area contributed by atoms with Crippen molar-refractivity contribution in [3.63, 3.8) is 0 Å². The minimum absolute atomic E-state index is 0.00825. The molecule has 6 N–H and O–H groups in total. The van der Waals surface area contributed by atoms with E-state index in [4.69, 9.17) is 16.6 Å². The highest BCUT2D eigenvalue weighted by atomic mass is 16.4.